The monoisotopic (exact) mass is 736 g/mol. The average Bonchev–Trinajstić information content (AvgIpc) is 3.51. The summed E-state index contributed by atoms with van der Waals surface area (Å²) in [6, 6.07) is 15.0. The Kier molecular flexibility index (Phi) is 11.7. The van der Waals surface area contributed by atoms with Crippen molar-refractivity contribution in [3.8, 4) is 17.2 Å². The second-order valence-corrected chi connectivity index (χ2v) is 13.3. The van der Waals surface area contributed by atoms with Gasteiger partial charge in [0, 0.05) is 57.9 Å². The van der Waals surface area contributed by atoms with Crippen LogP contribution >= 0.6 is 11.6 Å². The number of hydrogen-bond acceptors (Lipinski definition) is 11. The summed E-state index contributed by atoms with van der Waals surface area (Å²) in [5.41, 5.74) is 1.49. The van der Waals surface area contributed by atoms with E-state index < -0.39 is 47.8 Å². The molecule has 0 radical (unpaired) electrons. The number of nitrogens with one attached hydrogen (secondary N) is 1. The van der Waals surface area contributed by atoms with Crippen molar-refractivity contribution in [3.63, 3.8) is 0 Å². The molecule has 1 N–H and O–H groups in total. The number of hydrogen-bond donors (Lipinski definition) is 1. The standard InChI is InChI=1S/C38H41ClN2O11/c1-8-49-37(45)31-15-22-14-24(17-29(47-6)33(22)52-31)40-32(43)18-30-36(44)41(19-38(3,4)20-50-21(2)42)27-13-12-23(39)16-26(27)34(51-30)25-10-9-11-28(46-5)35(25)48-7/h9-17,30,34H,8,18-20H2,1-7H3,(H,40,43)/t30-,34-/m1/s1. The third kappa shape index (κ3) is 8.27. The lowest BCUT2D eigenvalue weighted by Gasteiger charge is -2.33. The van der Waals surface area contributed by atoms with Crippen LogP contribution in [-0.4, -0.2) is 70.9 Å². The van der Waals surface area contributed by atoms with E-state index in [-0.39, 0.29) is 31.3 Å². The van der Waals surface area contributed by atoms with Crippen LogP contribution in [-0.2, 0) is 28.6 Å². The van der Waals surface area contributed by atoms with Gasteiger partial charge in [-0.15, -0.1) is 0 Å². The first kappa shape index (κ1) is 38.0. The average molecular weight is 737 g/mol. The molecule has 0 saturated heterocycles. The molecular formula is C38H41ClN2O11. The largest absolute Gasteiger partial charge is 0.493 e. The van der Waals surface area contributed by atoms with E-state index in [2.05, 4.69) is 5.32 Å². The van der Waals surface area contributed by atoms with Crippen LogP contribution in [0, 0.1) is 5.41 Å². The van der Waals surface area contributed by atoms with Crippen LogP contribution in [0.1, 0.15) is 61.9 Å². The van der Waals surface area contributed by atoms with Crippen molar-refractivity contribution in [2.75, 3.05) is 51.3 Å². The zero-order valence-electron chi connectivity index (χ0n) is 30.0. The molecule has 13 nitrogen and oxygen atoms in total. The molecule has 1 aromatic heterocycles. The molecule has 52 heavy (non-hydrogen) atoms. The maximum atomic E-state index is 14.6. The Balaban J connectivity index is 1.55. The quantitative estimate of drug-likeness (QED) is 0.146. The maximum Gasteiger partial charge on any atom is 0.374 e. The SMILES string of the molecule is CCOC(=O)c1cc2cc(NC(=O)C[C@H]3O[C@H](c4cccc(OC)c4OC)c4cc(Cl)ccc4N(CC(C)(C)COC(C)=O)C3=O)cc(OC)c2o1. The third-order valence-corrected chi connectivity index (χ3v) is 8.54. The molecule has 5 rings (SSSR count). The van der Waals surface area contributed by atoms with E-state index in [1.54, 1.807) is 55.5 Å². The zero-order chi connectivity index (χ0) is 37.7. The fraction of sp³-hybridized carbons (Fsp3) is 0.368. The first-order valence-electron chi connectivity index (χ1n) is 16.5. The maximum absolute atomic E-state index is 14.6. The van der Waals surface area contributed by atoms with Crippen molar-refractivity contribution in [3.05, 3.63) is 76.5 Å². The predicted molar refractivity (Wildman–Crippen MR) is 192 cm³/mol. The molecule has 3 aromatic carbocycles. The Morgan fingerprint density at radius 1 is 0.942 bits per heavy atom. The number of carbonyl (C=O) groups is 4. The van der Waals surface area contributed by atoms with Gasteiger partial charge in [0.25, 0.3) is 5.91 Å². The number of methoxy groups -OCH3 is 3. The van der Waals surface area contributed by atoms with Gasteiger partial charge in [-0.3, -0.25) is 14.4 Å². The molecular weight excluding hydrogens is 696 g/mol. The first-order chi connectivity index (χ1) is 24.8. The Morgan fingerprint density at radius 3 is 2.37 bits per heavy atom. The van der Waals surface area contributed by atoms with Crippen LogP contribution in [0.2, 0.25) is 5.02 Å². The van der Waals surface area contributed by atoms with Gasteiger partial charge in [-0.2, -0.15) is 0 Å². The minimum Gasteiger partial charge on any atom is -0.493 e. The number of esters is 2. The molecule has 0 unspecified atom stereocenters. The molecule has 1 aliphatic heterocycles. The lowest BCUT2D eigenvalue weighted by Crippen LogP contribution is -2.46. The fourth-order valence-electron chi connectivity index (χ4n) is 6.03. The van der Waals surface area contributed by atoms with Gasteiger partial charge in [0.2, 0.25) is 11.7 Å². The van der Waals surface area contributed by atoms with Crippen molar-refractivity contribution >= 4 is 57.7 Å². The van der Waals surface area contributed by atoms with Crippen LogP contribution in [0.3, 0.4) is 0 Å². The number of halogens is 1. The van der Waals surface area contributed by atoms with Gasteiger partial charge < -0.3 is 43.1 Å². The van der Waals surface area contributed by atoms with Gasteiger partial charge in [-0.25, -0.2) is 4.79 Å². The second kappa shape index (κ2) is 16.0. The van der Waals surface area contributed by atoms with Gasteiger partial charge in [-0.05, 0) is 43.3 Å². The highest BCUT2D eigenvalue weighted by atomic mass is 35.5. The van der Waals surface area contributed by atoms with Crippen LogP contribution < -0.4 is 24.4 Å². The number of nitrogens with zero attached hydrogens (tertiary/aromatic N) is 1. The zero-order valence-corrected chi connectivity index (χ0v) is 30.8. The third-order valence-electron chi connectivity index (χ3n) is 8.31. The number of benzene rings is 3. The molecule has 0 bridgehead atoms. The summed E-state index contributed by atoms with van der Waals surface area (Å²) in [6.07, 6.45) is -2.65. The minimum absolute atomic E-state index is 0.0218. The molecule has 0 saturated carbocycles. The van der Waals surface area contributed by atoms with E-state index in [4.69, 9.17) is 44.4 Å². The van der Waals surface area contributed by atoms with Crippen molar-refractivity contribution in [1.29, 1.82) is 0 Å². The van der Waals surface area contributed by atoms with E-state index in [0.29, 0.717) is 50.0 Å². The highest BCUT2D eigenvalue weighted by Gasteiger charge is 2.41. The molecule has 2 atom stereocenters. The van der Waals surface area contributed by atoms with E-state index in [9.17, 15) is 19.2 Å². The van der Waals surface area contributed by atoms with Gasteiger partial charge in [0.15, 0.2) is 22.8 Å². The summed E-state index contributed by atoms with van der Waals surface area (Å²) in [6.45, 7) is 7.03. The van der Waals surface area contributed by atoms with Gasteiger partial charge in [0.1, 0.15) is 12.2 Å². The molecule has 14 heteroatoms. The Morgan fingerprint density at radius 2 is 1.69 bits per heavy atom. The molecule has 4 aromatic rings. The smallest absolute Gasteiger partial charge is 0.374 e. The summed E-state index contributed by atoms with van der Waals surface area (Å²) < 4.78 is 39.5. The number of amides is 2. The fourth-order valence-corrected chi connectivity index (χ4v) is 6.21. The lowest BCUT2D eigenvalue weighted by atomic mass is 9.92. The number of para-hydroxylation sites is 1. The molecule has 276 valence electrons. The molecule has 0 spiro atoms. The number of fused-ring (bicyclic) bond motifs is 2. The van der Waals surface area contributed by atoms with Crippen molar-refractivity contribution in [2.24, 2.45) is 5.41 Å². The molecule has 0 aliphatic carbocycles. The topological polar surface area (TPSA) is 152 Å². The number of carbonyl (C=O) groups excluding carboxylic acids is 4. The number of anilines is 2. The van der Waals surface area contributed by atoms with Crippen molar-refractivity contribution in [1.82, 2.24) is 0 Å². The minimum atomic E-state index is -1.31. The van der Waals surface area contributed by atoms with Crippen molar-refractivity contribution < 1.29 is 52.0 Å². The predicted octanol–water partition coefficient (Wildman–Crippen LogP) is 6.73. The Hall–Kier alpha value is -5.27. The summed E-state index contributed by atoms with van der Waals surface area (Å²) in [7, 11) is 4.44. The normalized spacial score (nSPS) is 15.8. The van der Waals surface area contributed by atoms with Gasteiger partial charge in [0.05, 0.1) is 41.0 Å². The lowest BCUT2D eigenvalue weighted by molar-refractivity contribution is -0.144. The highest BCUT2D eigenvalue weighted by molar-refractivity contribution is 6.30. The van der Waals surface area contributed by atoms with Gasteiger partial charge in [-0.1, -0.05) is 37.6 Å². The Bertz CT molecular complexity index is 1990. The van der Waals surface area contributed by atoms with E-state index in [1.165, 1.54) is 39.2 Å². The highest BCUT2D eigenvalue weighted by Crippen LogP contribution is 2.46. The van der Waals surface area contributed by atoms with Crippen LogP contribution in [0.25, 0.3) is 11.0 Å². The summed E-state index contributed by atoms with van der Waals surface area (Å²) >= 11 is 6.55. The van der Waals surface area contributed by atoms with E-state index in [0.717, 1.165) is 0 Å². The van der Waals surface area contributed by atoms with Crippen LogP contribution in [0.15, 0.2) is 59.0 Å². The molecule has 1 aliphatic rings. The van der Waals surface area contributed by atoms with E-state index >= 15 is 0 Å². The van der Waals surface area contributed by atoms with Crippen LogP contribution in [0.4, 0.5) is 11.4 Å². The summed E-state index contributed by atoms with van der Waals surface area (Å²) in [4.78, 5) is 54.0. The molecule has 2 amide bonds. The van der Waals surface area contributed by atoms with Crippen LogP contribution in [0.5, 0.6) is 17.2 Å². The Labute approximate surface area is 306 Å². The second-order valence-electron chi connectivity index (χ2n) is 12.8. The first-order valence-corrected chi connectivity index (χ1v) is 16.9. The summed E-state index contributed by atoms with van der Waals surface area (Å²) in [5.74, 6) is -1.08. The number of furan rings is 1. The molecule has 2 heterocycles. The molecule has 0 fully saturated rings. The van der Waals surface area contributed by atoms with Crippen molar-refractivity contribution in [2.45, 2.75) is 46.3 Å². The summed E-state index contributed by atoms with van der Waals surface area (Å²) in [5, 5.41) is 3.71. The van der Waals surface area contributed by atoms with E-state index in [1.807, 2.05) is 13.8 Å². The number of rotatable bonds is 13. The number of ether oxygens (including phenoxy) is 6. The van der Waals surface area contributed by atoms with Gasteiger partial charge >= 0.3 is 11.9 Å².